The highest BCUT2D eigenvalue weighted by molar-refractivity contribution is 5.73. The van der Waals surface area contributed by atoms with Gasteiger partial charge in [0.1, 0.15) is 5.75 Å². The highest BCUT2D eigenvalue weighted by Crippen LogP contribution is 2.21. The first kappa shape index (κ1) is 12.6. The number of ether oxygens (including phenoxy) is 1. The summed E-state index contributed by atoms with van der Waals surface area (Å²) in [5.74, 6) is -0.00760. The van der Waals surface area contributed by atoms with Crippen LogP contribution in [0.3, 0.4) is 0 Å². The van der Waals surface area contributed by atoms with E-state index in [9.17, 15) is 4.79 Å². The molecule has 3 heteroatoms. The van der Waals surface area contributed by atoms with Gasteiger partial charge in [-0.2, -0.15) is 0 Å². The van der Waals surface area contributed by atoms with Gasteiger partial charge in [-0.25, -0.2) is 0 Å². The van der Waals surface area contributed by atoms with E-state index in [-0.39, 0.29) is 0 Å². The van der Waals surface area contributed by atoms with Crippen LogP contribution in [0.15, 0.2) is 24.3 Å². The molecule has 0 saturated heterocycles. The number of carboxylic acids is 1. The van der Waals surface area contributed by atoms with Crippen LogP contribution in [-0.2, 0) is 4.79 Å². The molecule has 1 aromatic carbocycles. The van der Waals surface area contributed by atoms with Crippen LogP contribution in [0.5, 0.6) is 5.75 Å². The van der Waals surface area contributed by atoms with Crippen LogP contribution < -0.4 is 4.74 Å². The van der Waals surface area contributed by atoms with E-state index in [2.05, 4.69) is 0 Å². The van der Waals surface area contributed by atoms with Gasteiger partial charge in [0.25, 0.3) is 0 Å². The average molecular weight is 222 g/mol. The van der Waals surface area contributed by atoms with Crippen molar-refractivity contribution < 1.29 is 14.6 Å². The van der Waals surface area contributed by atoms with Crippen LogP contribution in [-0.4, -0.2) is 17.7 Å². The minimum Gasteiger partial charge on any atom is -0.494 e. The van der Waals surface area contributed by atoms with Crippen molar-refractivity contribution in [2.75, 3.05) is 6.61 Å². The Hall–Kier alpha value is -1.51. The Morgan fingerprint density at radius 1 is 1.31 bits per heavy atom. The van der Waals surface area contributed by atoms with Crippen molar-refractivity contribution in [1.82, 2.24) is 0 Å². The summed E-state index contributed by atoms with van der Waals surface area (Å²) < 4.78 is 5.48. The Morgan fingerprint density at radius 3 is 2.38 bits per heavy atom. The fourth-order valence-corrected chi connectivity index (χ4v) is 1.17. The maximum Gasteiger partial charge on any atom is 0.309 e. The molecule has 1 aromatic rings. The Balaban J connectivity index is 2.41. The van der Waals surface area contributed by atoms with Crippen molar-refractivity contribution in [1.29, 1.82) is 0 Å². The molecule has 3 nitrogen and oxygen atoms in total. The van der Waals surface area contributed by atoms with Crippen molar-refractivity contribution in [2.24, 2.45) is 5.41 Å². The van der Waals surface area contributed by atoms with Crippen LogP contribution in [0.1, 0.15) is 25.8 Å². The maximum absolute atomic E-state index is 10.9. The summed E-state index contributed by atoms with van der Waals surface area (Å²) in [7, 11) is 0. The molecule has 88 valence electrons. The van der Waals surface area contributed by atoms with Gasteiger partial charge < -0.3 is 9.84 Å². The van der Waals surface area contributed by atoms with E-state index in [1.807, 2.05) is 31.2 Å². The molecule has 0 spiro atoms. The Labute approximate surface area is 96.1 Å². The number of aliphatic carboxylic acids is 1. The van der Waals surface area contributed by atoms with E-state index >= 15 is 0 Å². The molecule has 0 amide bonds. The summed E-state index contributed by atoms with van der Waals surface area (Å²) in [6.45, 7) is 5.83. The molecule has 0 radical (unpaired) electrons. The molecular formula is C13H18O3. The molecule has 1 N–H and O–H groups in total. The first-order valence-electron chi connectivity index (χ1n) is 5.35. The molecule has 0 aromatic heterocycles. The molecular weight excluding hydrogens is 204 g/mol. The zero-order valence-corrected chi connectivity index (χ0v) is 9.99. The second-order valence-electron chi connectivity index (χ2n) is 4.60. The molecule has 0 saturated carbocycles. The monoisotopic (exact) mass is 222 g/mol. The van der Waals surface area contributed by atoms with Crippen LogP contribution >= 0.6 is 0 Å². The minimum atomic E-state index is -0.792. The van der Waals surface area contributed by atoms with Crippen molar-refractivity contribution >= 4 is 5.97 Å². The number of aryl methyl sites for hydroxylation is 1. The summed E-state index contributed by atoms with van der Waals surface area (Å²) >= 11 is 0. The van der Waals surface area contributed by atoms with E-state index in [0.717, 1.165) is 5.75 Å². The number of rotatable bonds is 5. The van der Waals surface area contributed by atoms with Crippen LogP contribution in [0.2, 0.25) is 0 Å². The highest BCUT2D eigenvalue weighted by Gasteiger charge is 2.26. The molecule has 1 rings (SSSR count). The van der Waals surface area contributed by atoms with Gasteiger partial charge in [0.15, 0.2) is 0 Å². The number of carboxylic acid groups (broad SMARTS) is 1. The van der Waals surface area contributed by atoms with Gasteiger partial charge in [-0.3, -0.25) is 4.79 Å². The van der Waals surface area contributed by atoms with Gasteiger partial charge in [-0.15, -0.1) is 0 Å². The van der Waals surface area contributed by atoms with Crippen molar-refractivity contribution in [3.05, 3.63) is 29.8 Å². The second kappa shape index (κ2) is 5.01. The van der Waals surface area contributed by atoms with Crippen LogP contribution in [0.25, 0.3) is 0 Å². The number of benzene rings is 1. The molecule has 0 bridgehead atoms. The van der Waals surface area contributed by atoms with E-state index < -0.39 is 11.4 Å². The van der Waals surface area contributed by atoms with E-state index in [0.29, 0.717) is 13.0 Å². The van der Waals surface area contributed by atoms with Gasteiger partial charge in [-0.05, 0) is 39.3 Å². The molecule has 0 aliphatic rings. The molecule has 0 unspecified atom stereocenters. The van der Waals surface area contributed by atoms with Crippen molar-refractivity contribution in [3.8, 4) is 5.75 Å². The number of hydrogen-bond acceptors (Lipinski definition) is 2. The smallest absolute Gasteiger partial charge is 0.309 e. The standard InChI is InChI=1S/C13H18O3/c1-10-4-6-11(7-5-10)16-9-8-13(2,3)12(14)15/h4-7H,8-9H2,1-3H3,(H,14,15). The summed E-state index contributed by atoms with van der Waals surface area (Å²) in [5, 5.41) is 8.92. The summed E-state index contributed by atoms with van der Waals surface area (Å²) in [6.07, 6.45) is 0.496. The van der Waals surface area contributed by atoms with E-state index in [4.69, 9.17) is 9.84 Å². The third-order valence-corrected chi connectivity index (χ3v) is 2.60. The lowest BCUT2D eigenvalue weighted by Gasteiger charge is -2.18. The molecule has 0 atom stereocenters. The van der Waals surface area contributed by atoms with Crippen LogP contribution in [0.4, 0.5) is 0 Å². The Bertz CT molecular complexity index is 352. The quantitative estimate of drug-likeness (QED) is 0.833. The lowest BCUT2D eigenvalue weighted by molar-refractivity contribution is -0.147. The zero-order chi connectivity index (χ0) is 12.2. The minimum absolute atomic E-state index is 0.419. The fraction of sp³-hybridized carbons (Fsp3) is 0.462. The summed E-state index contributed by atoms with van der Waals surface area (Å²) in [5.41, 5.74) is 0.447. The van der Waals surface area contributed by atoms with Gasteiger partial charge in [-0.1, -0.05) is 17.7 Å². The first-order valence-corrected chi connectivity index (χ1v) is 5.35. The van der Waals surface area contributed by atoms with Gasteiger partial charge >= 0.3 is 5.97 Å². The van der Waals surface area contributed by atoms with Crippen LogP contribution in [0, 0.1) is 12.3 Å². The predicted octanol–water partition coefficient (Wildman–Crippen LogP) is 2.87. The normalized spacial score (nSPS) is 11.2. The third kappa shape index (κ3) is 3.57. The average Bonchev–Trinajstić information content (AvgIpc) is 2.20. The fourth-order valence-electron chi connectivity index (χ4n) is 1.17. The van der Waals surface area contributed by atoms with Crippen molar-refractivity contribution in [2.45, 2.75) is 27.2 Å². The summed E-state index contributed by atoms with van der Waals surface area (Å²) in [6, 6.07) is 7.72. The molecule has 0 aliphatic carbocycles. The number of carbonyl (C=O) groups is 1. The topological polar surface area (TPSA) is 46.5 Å². The third-order valence-electron chi connectivity index (χ3n) is 2.60. The Kier molecular flexibility index (Phi) is 3.93. The van der Waals surface area contributed by atoms with Gasteiger partial charge in [0, 0.05) is 0 Å². The van der Waals surface area contributed by atoms with Gasteiger partial charge in [0.05, 0.1) is 12.0 Å². The first-order chi connectivity index (χ1) is 7.42. The maximum atomic E-state index is 10.9. The zero-order valence-electron chi connectivity index (χ0n) is 9.99. The lowest BCUT2D eigenvalue weighted by Crippen LogP contribution is -2.25. The highest BCUT2D eigenvalue weighted by atomic mass is 16.5. The molecule has 16 heavy (non-hydrogen) atoms. The predicted molar refractivity (Wildman–Crippen MR) is 62.7 cm³/mol. The number of hydrogen-bond donors (Lipinski definition) is 1. The summed E-state index contributed by atoms with van der Waals surface area (Å²) in [4.78, 5) is 10.9. The van der Waals surface area contributed by atoms with E-state index in [1.165, 1.54) is 5.56 Å². The molecule has 0 fully saturated rings. The Morgan fingerprint density at radius 2 is 1.88 bits per heavy atom. The molecule has 0 aliphatic heterocycles. The molecule has 0 heterocycles. The SMILES string of the molecule is Cc1ccc(OCCC(C)(C)C(=O)O)cc1. The second-order valence-corrected chi connectivity index (χ2v) is 4.60. The largest absolute Gasteiger partial charge is 0.494 e. The van der Waals surface area contributed by atoms with E-state index in [1.54, 1.807) is 13.8 Å². The van der Waals surface area contributed by atoms with Gasteiger partial charge in [0.2, 0.25) is 0 Å². The lowest BCUT2D eigenvalue weighted by atomic mass is 9.90. The van der Waals surface area contributed by atoms with Crippen molar-refractivity contribution in [3.63, 3.8) is 0 Å².